The Morgan fingerprint density at radius 2 is 2.25 bits per heavy atom. The Kier molecular flexibility index (Phi) is 4.30. The fraction of sp³-hybridized carbons (Fsp3) is 0.133. The highest BCUT2D eigenvalue weighted by molar-refractivity contribution is 6.04. The van der Waals surface area contributed by atoms with Crippen molar-refractivity contribution in [2.75, 3.05) is 11.9 Å². The van der Waals surface area contributed by atoms with Crippen LogP contribution in [0.4, 0.5) is 5.69 Å². The number of ether oxygens (including phenoxy) is 1. The molecule has 1 N–H and O–H groups in total. The lowest BCUT2D eigenvalue weighted by molar-refractivity contribution is 0.102. The van der Waals surface area contributed by atoms with Crippen molar-refractivity contribution in [2.45, 2.75) is 6.92 Å². The molecule has 0 saturated heterocycles. The zero-order chi connectivity index (χ0) is 14.4. The van der Waals surface area contributed by atoms with Gasteiger partial charge in [-0.1, -0.05) is 6.07 Å². The van der Waals surface area contributed by atoms with Crippen LogP contribution >= 0.6 is 0 Å². The molecule has 20 heavy (non-hydrogen) atoms. The molecular formula is C15H13N3O2. The van der Waals surface area contributed by atoms with Gasteiger partial charge in [0.25, 0.3) is 5.91 Å². The molecule has 1 aromatic heterocycles. The normalized spacial score (nSPS) is 9.60. The van der Waals surface area contributed by atoms with Crippen LogP contribution in [0.3, 0.4) is 0 Å². The molecule has 100 valence electrons. The van der Waals surface area contributed by atoms with Crippen LogP contribution in [0.25, 0.3) is 0 Å². The maximum atomic E-state index is 12.0. The Bertz CT molecular complexity index is 645. The molecule has 1 amide bonds. The highest BCUT2D eigenvalue weighted by Crippen LogP contribution is 2.18. The summed E-state index contributed by atoms with van der Waals surface area (Å²) in [5, 5.41) is 11.2. The number of nitrogens with one attached hydrogen (secondary N) is 1. The molecule has 2 aromatic rings. The standard InChI is InChI=1S/C15H13N3O2/c1-11-5-6-12(10-17-11)15(19)18-13-3-2-4-14(9-13)20-8-7-16/h2-6,9-10H,8H2,1H3,(H,18,19). The van der Waals surface area contributed by atoms with E-state index in [9.17, 15) is 4.79 Å². The molecule has 0 aliphatic carbocycles. The molecule has 0 aliphatic heterocycles. The lowest BCUT2D eigenvalue weighted by atomic mass is 10.2. The number of hydrogen-bond donors (Lipinski definition) is 1. The van der Waals surface area contributed by atoms with E-state index < -0.39 is 0 Å². The quantitative estimate of drug-likeness (QED) is 0.923. The van der Waals surface area contributed by atoms with E-state index in [4.69, 9.17) is 10.00 Å². The molecular weight excluding hydrogens is 254 g/mol. The van der Waals surface area contributed by atoms with E-state index in [1.165, 1.54) is 6.20 Å². The fourth-order valence-corrected chi connectivity index (χ4v) is 1.58. The predicted molar refractivity (Wildman–Crippen MR) is 74.5 cm³/mol. The topological polar surface area (TPSA) is 75.0 Å². The van der Waals surface area contributed by atoms with Gasteiger partial charge >= 0.3 is 0 Å². The Labute approximate surface area is 116 Å². The van der Waals surface area contributed by atoms with Crippen molar-refractivity contribution >= 4 is 11.6 Å². The maximum Gasteiger partial charge on any atom is 0.257 e. The Balaban J connectivity index is 2.07. The van der Waals surface area contributed by atoms with Crippen molar-refractivity contribution in [1.29, 1.82) is 5.26 Å². The van der Waals surface area contributed by atoms with Gasteiger partial charge in [-0.15, -0.1) is 0 Å². The second kappa shape index (κ2) is 6.34. The monoisotopic (exact) mass is 267 g/mol. The third-order valence-corrected chi connectivity index (χ3v) is 2.57. The molecule has 0 radical (unpaired) electrons. The van der Waals surface area contributed by atoms with E-state index in [1.54, 1.807) is 36.4 Å². The van der Waals surface area contributed by atoms with Crippen LogP contribution in [0.5, 0.6) is 5.75 Å². The van der Waals surface area contributed by atoms with Gasteiger partial charge in [0.05, 0.1) is 5.56 Å². The number of aryl methyl sites for hydroxylation is 1. The van der Waals surface area contributed by atoms with Crippen LogP contribution in [0.15, 0.2) is 42.6 Å². The summed E-state index contributed by atoms with van der Waals surface area (Å²) < 4.78 is 5.17. The van der Waals surface area contributed by atoms with E-state index in [-0.39, 0.29) is 12.5 Å². The number of benzene rings is 1. The first-order chi connectivity index (χ1) is 9.69. The van der Waals surface area contributed by atoms with E-state index in [1.807, 2.05) is 13.0 Å². The van der Waals surface area contributed by atoms with Crippen LogP contribution in [-0.4, -0.2) is 17.5 Å². The van der Waals surface area contributed by atoms with Gasteiger partial charge in [-0.25, -0.2) is 0 Å². The summed E-state index contributed by atoms with van der Waals surface area (Å²) in [6, 6.07) is 12.3. The number of nitrogens with zero attached hydrogens (tertiary/aromatic N) is 2. The summed E-state index contributed by atoms with van der Waals surface area (Å²) in [4.78, 5) is 16.1. The largest absolute Gasteiger partial charge is 0.479 e. The first-order valence-corrected chi connectivity index (χ1v) is 6.03. The first-order valence-electron chi connectivity index (χ1n) is 6.03. The summed E-state index contributed by atoms with van der Waals surface area (Å²) in [7, 11) is 0. The lowest BCUT2D eigenvalue weighted by Gasteiger charge is -2.07. The number of nitriles is 1. The number of amides is 1. The van der Waals surface area contributed by atoms with Gasteiger partial charge in [-0.2, -0.15) is 5.26 Å². The average molecular weight is 267 g/mol. The first kappa shape index (κ1) is 13.6. The summed E-state index contributed by atoms with van der Waals surface area (Å²) in [5.74, 6) is 0.293. The maximum absolute atomic E-state index is 12.0. The molecule has 5 nitrogen and oxygen atoms in total. The molecule has 0 bridgehead atoms. The molecule has 0 spiro atoms. The van der Waals surface area contributed by atoms with Gasteiger partial charge in [-0.05, 0) is 31.2 Å². The van der Waals surface area contributed by atoms with Crippen LogP contribution in [0.1, 0.15) is 16.1 Å². The van der Waals surface area contributed by atoms with Crippen molar-refractivity contribution in [3.8, 4) is 11.8 Å². The van der Waals surface area contributed by atoms with Gasteiger partial charge in [-0.3, -0.25) is 9.78 Å². The van der Waals surface area contributed by atoms with Crippen LogP contribution < -0.4 is 10.1 Å². The second-order valence-electron chi connectivity index (χ2n) is 4.12. The third kappa shape index (κ3) is 3.56. The lowest BCUT2D eigenvalue weighted by Crippen LogP contribution is -2.12. The Hall–Kier alpha value is -2.87. The molecule has 1 aromatic carbocycles. The van der Waals surface area contributed by atoms with Crippen molar-refractivity contribution in [3.05, 3.63) is 53.9 Å². The number of hydrogen-bond acceptors (Lipinski definition) is 4. The van der Waals surface area contributed by atoms with Gasteiger partial charge in [0, 0.05) is 23.6 Å². The highest BCUT2D eigenvalue weighted by Gasteiger charge is 2.06. The Morgan fingerprint density at radius 3 is 2.95 bits per heavy atom. The number of carbonyl (C=O) groups excluding carboxylic acids is 1. The van der Waals surface area contributed by atoms with Crippen LogP contribution in [0, 0.1) is 18.3 Å². The molecule has 5 heteroatoms. The number of carbonyl (C=O) groups is 1. The molecule has 0 atom stereocenters. The van der Waals surface area contributed by atoms with Crippen molar-refractivity contribution < 1.29 is 9.53 Å². The van der Waals surface area contributed by atoms with Crippen molar-refractivity contribution in [1.82, 2.24) is 4.98 Å². The minimum absolute atomic E-state index is 0.0285. The van der Waals surface area contributed by atoms with Crippen molar-refractivity contribution in [2.24, 2.45) is 0 Å². The van der Waals surface area contributed by atoms with E-state index >= 15 is 0 Å². The van der Waals surface area contributed by atoms with Gasteiger partial charge in [0.2, 0.25) is 0 Å². The minimum Gasteiger partial charge on any atom is -0.479 e. The zero-order valence-corrected chi connectivity index (χ0v) is 11.0. The summed E-state index contributed by atoms with van der Waals surface area (Å²) >= 11 is 0. The molecule has 0 fully saturated rings. The third-order valence-electron chi connectivity index (χ3n) is 2.57. The summed E-state index contributed by atoms with van der Waals surface area (Å²) in [6.45, 7) is 1.83. The van der Waals surface area contributed by atoms with Crippen LogP contribution in [-0.2, 0) is 0 Å². The second-order valence-corrected chi connectivity index (χ2v) is 4.12. The Morgan fingerprint density at radius 1 is 1.40 bits per heavy atom. The number of aromatic nitrogens is 1. The van der Waals surface area contributed by atoms with Crippen molar-refractivity contribution in [3.63, 3.8) is 0 Å². The fourth-order valence-electron chi connectivity index (χ4n) is 1.58. The highest BCUT2D eigenvalue weighted by atomic mass is 16.5. The summed E-state index contributed by atoms with van der Waals surface area (Å²) in [6.07, 6.45) is 1.53. The smallest absolute Gasteiger partial charge is 0.257 e. The van der Waals surface area contributed by atoms with Crippen LogP contribution in [0.2, 0.25) is 0 Å². The molecule has 1 heterocycles. The molecule has 0 aliphatic rings. The number of anilines is 1. The molecule has 2 rings (SSSR count). The summed E-state index contributed by atoms with van der Waals surface area (Å²) in [5.41, 5.74) is 1.94. The van der Waals surface area contributed by atoms with E-state index in [2.05, 4.69) is 10.3 Å². The number of rotatable bonds is 4. The zero-order valence-electron chi connectivity index (χ0n) is 11.0. The SMILES string of the molecule is Cc1ccc(C(=O)Nc2cccc(OCC#N)c2)cn1. The average Bonchev–Trinajstić information content (AvgIpc) is 2.46. The minimum atomic E-state index is -0.241. The van der Waals surface area contributed by atoms with E-state index in [0.717, 1.165) is 5.69 Å². The van der Waals surface area contributed by atoms with Gasteiger partial charge in [0.15, 0.2) is 6.61 Å². The van der Waals surface area contributed by atoms with Gasteiger partial charge in [0.1, 0.15) is 11.8 Å². The predicted octanol–water partition coefficient (Wildman–Crippen LogP) is 2.54. The van der Waals surface area contributed by atoms with Gasteiger partial charge < -0.3 is 10.1 Å². The molecule has 0 unspecified atom stereocenters. The van der Waals surface area contributed by atoms with E-state index in [0.29, 0.717) is 17.0 Å². The number of pyridine rings is 1. The molecule has 0 saturated carbocycles.